The molecule has 0 N–H and O–H groups in total. The van der Waals surface area contributed by atoms with Gasteiger partial charge in [0.15, 0.2) is 0 Å². The molecule has 2 bridgehead atoms. The van der Waals surface area contributed by atoms with Gasteiger partial charge >= 0.3 is 0 Å². The first-order valence-electron chi connectivity index (χ1n) is 5.37. The molecule has 3 atom stereocenters. The molecule has 2 aliphatic carbocycles. The molecule has 1 fully saturated rings. The van der Waals surface area contributed by atoms with E-state index < -0.39 is 0 Å². The molecule has 1 saturated carbocycles. The van der Waals surface area contributed by atoms with Crippen LogP contribution in [0.1, 0.15) is 27.2 Å². The Bertz CT molecular complexity index is 309. The number of hydrogen-bond donors (Lipinski definition) is 0. The zero-order valence-electron chi connectivity index (χ0n) is 9.16. The lowest BCUT2D eigenvalue weighted by Gasteiger charge is -2.36. The topological polar surface area (TPSA) is 17.1 Å². The first kappa shape index (κ1) is 9.70. The van der Waals surface area contributed by atoms with E-state index in [-0.39, 0.29) is 0 Å². The molecule has 0 heterocycles. The van der Waals surface area contributed by atoms with Crippen LogP contribution in [0.4, 0.5) is 0 Å². The number of carbonyl (C=O) groups excluding carboxylic acids is 1. The average Bonchev–Trinajstić information content (AvgIpc) is 2.61. The third-order valence-electron chi connectivity index (χ3n) is 4.12. The molecular formula is C13H18O. The van der Waals surface area contributed by atoms with Crippen LogP contribution in [0, 0.1) is 23.2 Å². The molecule has 0 saturated heterocycles. The van der Waals surface area contributed by atoms with Gasteiger partial charge in [0.1, 0.15) is 6.29 Å². The van der Waals surface area contributed by atoms with Crippen molar-refractivity contribution in [1.29, 1.82) is 0 Å². The van der Waals surface area contributed by atoms with Gasteiger partial charge in [-0.05, 0) is 42.6 Å². The molecule has 0 aromatic carbocycles. The Kier molecular flexibility index (Phi) is 2.13. The molecule has 2 rings (SSSR count). The maximum atomic E-state index is 10.5. The zero-order valence-corrected chi connectivity index (χ0v) is 9.16. The maximum Gasteiger partial charge on any atom is 0.142 e. The minimum atomic E-state index is 0.336. The Morgan fingerprint density at radius 3 is 2.64 bits per heavy atom. The van der Waals surface area contributed by atoms with Gasteiger partial charge in [-0.1, -0.05) is 31.6 Å². The van der Waals surface area contributed by atoms with E-state index in [1.54, 1.807) is 6.08 Å². The monoisotopic (exact) mass is 190 g/mol. The van der Waals surface area contributed by atoms with E-state index in [2.05, 4.69) is 32.9 Å². The predicted molar refractivity (Wildman–Crippen MR) is 57.8 cm³/mol. The van der Waals surface area contributed by atoms with Crippen molar-refractivity contribution in [3.05, 3.63) is 23.8 Å². The van der Waals surface area contributed by atoms with Crippen molar-refractivity contribution in [2.75, 3.05) is 0 Å². The second kappa shape index (κ2) is 3.08. The highest BCUT2D eigenvalue weighted by molar-refractivity contribution is 5.66. The first-order chi connectivity index (χ1) is 6.57. The van der Waals surface area contributed by atoms with Gasteiger partial charge in [0.25, 0.3) is 0 Å². The van der Waals surface area contributed by atoms with Crippen LogP contribution in [-0.4, -0.2) is 6.29 Å². The lowest BCUT2D eigenvalue weighted by atomic mass is 9.68. The van der Waals surface area contributed by atoms with Gasteiger partial charge in [-0.25, -0.2) is 0 Å². The number of fused-ring (bicyclic) bond motifs is 2. The van der Waals surface area contributed by atoms with Crippen molar-refractivity contribution in [2.24, 2.45) is 23.2 Å². The summed E-state index contributed by atoms with van der Waals surface area (Å²) in [6.45, 7) is 6.75. The van der Waals surface area contributed by atoms with Crippen LogP contribution in [0.25, 0.3) is 0 Å². The summed E-state index contributed by atoms with van der Waals surface area (Å²) < 4.78 is 0. The summed E-state index contributed by atoms with van der Waals surface area (Å²) in [4.78, 5) is 10.5. The summed E-state index contributed by atoms with van der Waals surface area (Å²) >= 11 is 0. The highest BCUT2D eigenvalue weighted by Gasteiger charge is 2.50. The van der Waals surface area contributed by atoms with Crippen molar-refractivity contribution < 1.29 is 4.79 Å². The van der Waals surface area contributed by atoms with Gasteiger partial charge < -0.3 is 0 Å². The van der Waals surface area contributed by atoms with Crippen LogP contribution in [0.5, 0.6) is 0 Å². The number of carbonyl (C=O) groups is 1. The summed E-state index contributed by atoms with van der Waals surface area (Å²) in [5.74, 6) is 1.96. The predicted octanol–water partition coefficient (Wildman–Crippen LogP) is 2.98. The van der Waals surface area contributed by atoms with Crippen molar-refractivity contribution in [3.8, 4) is 0 Å². The largest absolute Gasteiger partial charge is 0.299 e. The van der Waals surface area contributed by atoms with E-state index >= 15 is 0 Å². The molecule has 1 nitrogen and oxygen atoms in total. The maximum absolute atomic E-state index is 10.5. The molecule has 76 valence electrons. The van der Waals surface area contributed by atoms with Gasteiger partial charge in [-0.2, -0.15) is 0 Å². The van der Waals surface area contributed by atoms with Crippen molar-refractivity contribution in [2.45, 2.75) is 27.2 Å². The average molecular weight is 190 g/mol. The minimum absolute atomic E-state index is 0.336. The van der Waals surface area contributed by atoms with Crippen LogP contribution in [0.2, 0.25) is 0 Å². The van der Waals surface area contributed by atoms with Gasteiger partial charge in [0.05, 0.1) is 0 Å². The smallest absolute Gasteiger partial charge is 0.142 e. The SMILES string of the molecule is CC(=CC=O)C1C2C=CC(C2)C1(C)C. The highest BCUT2D eigenvalue weighted by Crippen LogP contribution is 2.58. The van der Waals surface area contributed by atoms with Crippen LogP contribution in [0.3, 0.4) is 0 Å². The minimum Gasteiger partial charge on any atom is -0.299 e. The molecule has 14 heavy (non-hydrogen) atoms. The van der Waals surface area contributed by atoms with Crippen LogP contribution in [-0.2, 0) is 4.79 Å². The Morgan fingerprint density at radius 1 is 1.43 bits per heavy atom. The second-order valence-corrected chi connectivity index (χ2v) is 5.24. The van der Waals surface area contributed by atoms with Gasteiger partial charge in [0, 0.05) is 0 Å². The number of rotatable bonds is 2. The number of allylic oxidation sites excluding steroid dienone is 4. The highest BCUT2D eigenvalue weighted by atomic mass is 16.1. The summed E-state index contributed by atoms with van der Waals surface area (Å²) in [5.41, 5.74) is 1.59. The third-order valence-corrected chi connectivity index (χ3v) is 4.12. The number of aldehydes is 1. The molecule has 0 aliphatic heterocycles. The van der Waals surface area contributed by atoms with Crippen molar-refractivity contribution in [1.82, 2.24) is 0 Å². The summed E-state index contributed by atoms with van der Waals surface area (Å²) in [7, 11) is 0. The van der Waals surface area contributed by atoms with Crippen LogP contribution >= 0.6 is 0 Å². The van der Waals surface area contributed by atoms with E-state index in [0.29, 0.717) is 23.2 Å². The molecule has 0 aromatic rings. The Hall–Kier alpha value is -0.850. The van der Waals surface area contributed by atoms with E-state index in [1.165, 1.54) is 12.0 Å². The van der Waals surface area contributed by atoms with Crippen molar-refractivity contribution >= 4 is 6.29 Å². The van der Waals surface area contributed by atoms with Crippen LogP contribution in [0.15, 0.2) is 23.8 Å². The van der Waals surface area contributed by atoms with Gasteiger partial charge in [-0.15, -0.1) is 0 Å². The fourth-order valence-electron chi connectivity index (χ4n) is 3.44. The fourth-order valence-corrected chi connectivity index (χ4v) is 3.44. The second-order valence-electron chi connectivity index (χ2n) is 5.24. The molecule has 0 amide bonds. The first-order valence-corrected chi connectivity index (χ1v) is 5.37. The lowest BCUT2D eigenvalue weighted by Crippen LogP contribution is -2.29. The van der Waals surface area contributed by atoms with E-state index in [9.17, 15) is 4.79 Å². The van der Waals surface area contributed by atoms with E-state index in [0.717, 1.165) is 6.29 Å². The van der Waals surface area contributed by atoms with E-state index in [4.69, 9.17) is 0 Å². The molecule has 0 spiro atoms. The number of hydrogen-bond acceptors (Lipinski definition) is 1. The molecule has 0 radical (unpaired) electrons. The summed E-state index contributed by atoms with van der Waals surface area (Å²) in [6, 6.07) is 0. The molecule has 2 aliphatic rings. The summed E-state index contributed by atoms with van der Waals surface area (Å²) in [6.07, 6.45) is 8.63. The summed E-state index contributed by atoms with van der Waals surface area (Å²) in [5, 5.41) is 0. The lowest BCUT2D eigenvalue weighted by molar-refractivity contribution is -0.104. The quantitative estimate of drug-likeness (QED) is 0.371. The fraction of sp³-hybridized carbons (Fsp3) is 0.615. The van der Waals surface area contributed by atoms with Crippen LogP contribution < -0.4 is 0 Å². The zero-order chi connectivity index (χ0) is 10.3. The normalized spacial score (nSPS) is 39.1. The molecule has 3 unspecified atom stereocenters. The van der Waals surface area contributed by atoms with Gasteiger partial charge in [-0.3, -0.25) is 4.79 Å². The van der Waals surface area contributed by atoms with Crippen molar-refractivity contribution in [3.63, 3.8) is 0 Å². The standard InChI is InChI=1S/C13H18O/c1-9(6-7-14)12-10-4-5-11(8-10)13(12,2)3/h4-7,10-12H,8H2,1-3H3. The molecular weight excluding hydrogens is 172 g/mol. The Morgan fingerprint density at radius 2 is 2.14 bits per heavy atom. The Labute approximate surface area is 85.9 Å². The molecule has 1 heteroatoms. The molecule has 0 aromatic heterocycles. The Balaban J connectivity index is 2.32. The van der Waals surface area contributed by atoms with Gasteiger partial charge in [0.2, 0.25) is 0 Å². The third kappa shape index (κ3) is 1.18. The van der Waals surface area contributed by atoms with E-state index in [1.807, 2.05) is 0 Å².